The van der Waals surface area contributed by atoms with E-state index in [9.17, 15) is 0 Å². The average Bonchev–Trinajstić information content (AvgIpc) is 2.91. The van der Waals surface area contributed by atoms with E-state index in [4.69, 9.17) is 9.40 Å². The van der Waals surface area contributed by atoms with Crippen molar-refractivity contribution in [1.29, 1.82) is 0 Å². The first kappa shape index (κ1) is 13.3. The number of benzene rings is 1. The summed E-state index contributed by atoms with van der Waals surface area (Å²) in [6, 6.07) is 14.5. The van der Waals surface area contributed by atoms with Crippen LogP contribution in [0.15, 0.2) is 57.8 Å². The van der Waals surface area contributed by atoms with E-state index >= 15 is 0 Å². The molecule has 0 aliphatic carbocycles. The predicted molar refractivity (Wildman–Crippen MR) is 83.7 cm³/mol. The van der Waals surface area contributed by atoms with Crippen LogP contribution in [0, 0.1) is 0 Å². The number of furan rings is 1. The summed E-state index contributed by atoms with van der Waals surface area (Å²) < 4.78 is 6.09. The Hall–Kier alpha value is -1.65. The molecule has 3 nitrogen and oxygen atoms in total. The number of pyridine rings is 1. The lowest BCUT2D eigenvalue weighted by Gasteiger charge is -2.15. The molecule has 1 unspecified atom stereocenters. The molecule has 1 N–H and O–H groups in total. The molecule has 0 fully saturated rings. The van der Waals surface area contributed by atoms with Crippen LogP contribution in [0.5, 0.6) is 0 Å². The number of likely N-dealkylation sites (N-methyl/N-ethyl adjacent to an activating group) is 1. The molecule has 3 rings (SSSR count). The van der Waals surface area contributed by atoms with Gasteiger partial charge in [-0.25, -0.2) is 0 Å². The van der Waals surface area contributed by atoms with Crippen LogP contribution in [0.1, 0.15) is 17.3 Å². The summed E-state index contributed by atoms with van der Waals surface area (Å²) in [5.74, 6) is 0. The van der Waals surface area contributed by atoms with Crippen LogP contribution in [0.2, 0.25) is 0 Å². The van der Waals surface area contributed by atoms with E-state index in [-0.39, 0.29) is 6.04 Å². The van der Waals surface area contributed by atoms with Crippen molar-refractivity contribution < 1.29 is 4.42 Å². The Bertz CT molecular complexity index is 723. The Morgan fingerprint density at radius 3 is 2.80 bits per heavy atom. The summed E-state index contributed by atoms with van der Waals surface area (Å²) in [6.45, 7) is 0. The SMILES string of the molecule is CNC(Cc1ccc2ccccc2n1)c1ccoc1Br. The highest BCUT2D eigenvalue weighted by Gasteiger charge is 2.16. The maximum atomic E-state index is 5.31. The average molecular weight is 331 g/mol. The Morgan fingerprint density at radius 1 is 1.20 bits per heavy atom. The van der Waals surface area contributed by atoms with Crippen LogP contribution in [0.25, 0.3) is 10.9 Å². The van der Waals surface area contributed by atoms with Gasteiger partial charge >= 0.3 is 0 Å². The van der Waals surface area contributed by atoms with Crippen LogP contribution in [-0.2, 0) is 6.42 Å². The lowest BCUT2D eigenvalue weighted by molar-refractivity contribution is 0.517. The van der Waals surface area contributed by atoms with Gasteiger partial charge in [0.1, 0.15) is 0 Å². The molecule has 20 heavy (non-hydrogen) atoms. The van der Waals surface area contributed by atoms with Gasteiger partial charge in [0, 0.05) is 29.1 Å². The van der Waals surface area contributed by atoms with Crippen molar-refractivity contribution >= 4 is 26.8 Å². The molecule has 0 spiro atoms. The molecule has 4 heteroatoms. The molecule has 3 aromatic rings. The predicted octanol–water partition coefficient (Wildman–Crippen LogP) is 4.09. The van der Waals surface area contributed by atoms with Gasteiger partial charge in [0.15, 0.2) is 4.67 Å². The molecule has 0 saturated heterocycles. The number of nitrogens with zero attached hydrogens (tertiary/aromatic N) is 1. The van der Waals surface area contributed by atoms with E-state index in [2.05, 4.69) is 39.4 Å². The fourth-order valence-corrected chi connectivity index (χ4v) is 2.87. The highest BCUT2D eigenvalue weighted by Crippen LogP contribution is 2.27. The molecule has 0 saturated carbocycles. The Balaban J connectivity index is 1.89. The summed E-state index contributed by atoms with van der Waals surface area (Å²) in [5.41, 5.74) is 3.21. The third-order valence-corrected chi connectivity index (χ3v) is 4.08. The Kier molecular flexibility index (Phi) is 3.85. The molecule has 2 heterocycles. The van der Waals surface area contributed by atoms with Crippen molar-refractivity contribution in [3.8, 4) is 0 Å². The number of hydrogen-bond donors (Lipinski definition) is 1. The molecule has 1 atom stereocenters. The fraction of sp³-hybridized carbons (Fsp3) is 0.188. The van der Waals surface area contributed by atoms with Crippen molar-refractivity contribution in [2.45, 2.75) is 12.5 Å². The normalized spacial score (nSPS) is 12.7. The van der Waals surface area contributed by atoms with Gasteiger partial charge in [-0.05, 0) is 41.2 Å². The van der Waals surface area contributed by atoms with Crippen LogP contribution in [-0.4, -0.2) is 12.0 Å². The summed E-state index contributed by atoms with van der Waals surface area (Å²) in [6.07, 6.45) is 2.51. The molecule has 0 aliphatic rings. The highest BCUT2D eigenvalue weighted by molar-refractivity contribution is 9.10. The Labute approximate surface area is 126 Å². The topological polar surface area (TPSA) is 38.1 Å². The van der Waals surface area contributed by atoms with E-state index in [0.717, 1.165) is 27.9 Å². The number of hydrogen-bond acceptors (Lipinski definition) is 3. The van der Waals surface area contributed by atoms with Crippen molar-refractivity contribution in [2.24, 2.45) is 0 Å². The highest BCUT2D eigenvalue weighted by atomic mass is 79.9. The minimum absolute atomic E-state index is 0.178. The van der Waals surface area contributed by atoms with Gasteiger partial charge in [-0.3, -0.25) is 4.98 Å². The first-order chi connectivity index (χ1) is 9.78. The van der Waals surface area contributed by atoms with E-state index in [1.165, 1.54) is 5.39 Å². The van der Waals surface area contributed by atoms with E-state index in [1.54, 1.807) is 6.26 Å². The number of halogens is 1. The van der Waals surface area contributed by atoms with Crippen molar-refractivity contribution in [2.75, 3.05) is 7.05 Å². The van der Waals surface area contributed by atoms with Crippen LogP contribution in [0.3, 0.4) is 0 Å². The monoisotopic (exact) mass is 330 g/mol. The number of rotatable bonds is 4. The third-order valence-electron chi connectivity index (χ3n) is 3.44. The molecular formula is C16H15BrN2O. The van der Waals surface area contributed by atoms with Gasteiger partial charge < -0.3 is 9.73 Å². The molecule has 0 aliphatic heterocycles. The molecule has 0 amide bonds. The van der Waals surface area contributed by atoms with Gasteiger partial charge in [-0.2, -0.15) is 0 Å². The number of para-hydroxylation sites is 1. The van der Waals surface area contributed by atoms with E-state index in [0.29, 0.717) is 0 Å². The summed E-state index contributed by atoms with van der Waals surface area (Å²) in [4.78, 5) is 4.72. The second-order valence-electron chi connectivity index (χ2n) is 4.69. The quantitative estimate of drug-likeness (QED) is 0.782. The minimum Gasteiger partial charge on any atom is -0.457 e. The minimum atomic E-state index is 0.178. The van der Waals surface area contributed by atoms with Gasteiger partial charge in [0.05, 0.1) is 11.8 Å². The van der Waals surface area contributed by atoms with Crippen LogP contribution in [0.4, 0.5) is 0 Å². The smallest absolute Gasteiger partial charge is 0.173 e. The molecule has 1 aromatic carbocycles. The van der Waals surface area contributed by atoms with Gasteiger partial charge in [0.25, 0.3) is 0 Å². The number of nitrogens with one attached hydrogen (secondary N) is 1. The van der Waals surface area contributed by atoms with Crippen molar-refractivity contribution in [3.05, 3.63) is 64.7 Å². The Morgan fingerprint density at radius 2 is 2.05 bits per heavy atom. The zero-order valence-electron chi connectivity index (χ0n) is 11.1. The van der Waals surface area contributed by atoms with Crippen LogP contribution < -0.4 is 5.32 Å². The molecule has 0 radical (unpaired) electrons. The third kappa shape index (κ3) is 2.62. The van der Waals surface area contributed by atoms with Crippen molar-refractivity contribution in [3.63, 3.8) is 0 Å². The largest absolute Gasteiger partial charge is 0.457 e. The lowest BCUT2D eigenvalue weighted by atomic mass is 10.0. The zero-order chi connectivity index (χ0) is 13.9. The fourth-order valence-electron chi connectivity index (χ4n) is 2.35. The van der Waals surface area contributed by atoms with Gasteiger partial charge in [0.2, 0.25) is 0 Å². The van der Waals surface area contributed by atoms with Crippen LogP contribution >= 0.6 is 15.9 Å². The standard InChI is InChI=1S/C16H15BrN2O/c1-18-15(13-8-9-20-16(13)17)10-12-7-6-11-4-2-3-5-14(11)19-12/h2-9,15,18H,10H2,1H3. The molecule has 2 aromatic heterocycles. The summed E-state index contributed by atoms with van der Waals surface area (Å²) >= 11 is 3.43. The number of fused-ring (bicyclic) bond motifs is 1. The van der Waals surface area contributed by atoms with Gasteiger partial charge in [-0.1, -0.05) is 24.3 Å². The molecule has 0 bridgehead atoms. The van der Waals surface area contributed by atoms with E-state index < -0.39 is 0 Å². The zero-order valence-corrected chi connectivity index (χ0v) is 12.7. The summed E-state index contributed by atoms with van der Waals surface area (Å²) in [5, 5.41) is 4.48. The first-order valence-electron chi connectivity index (χ1n) is 6.53. The van der Waals surface area contributed by atoms with E-state index in [1.807, 2.05) is 31.3 Å². The van der Waals surface area contributed by atoms with Gasteiger partial charge in [-0.15, -0.1) is 0 Å². The lowest BCUT2D eigenvalue weighted by Crippen LogP contribution is -2.19. The second kappa shape index (κ2) is 5.77. The maximum absolute atomic E-state index is 5.31. The second-order valence-corrected chi connectivity index (χ2v) is 5.41. The summed E-state index contributed by atoms with van der Waals surface area (Å²) in [7, 11) is 1.95. The number of aromatic nitrogens is 1. The molecular weight excluding hydrogens is 316 g/mol. The van der Waals surface area contributed by atoms with Crippen molar-refractivity contribution in [1.82, 2.24) is 10.3 Å². The first-order valence-corrected chi connectivity index (χ1v) is 7.32. The molecule has 102 valence electrons. The maximum Gasteiger partial charge on any atom is 0.173 e.